The van der Waals surface area contributed by atoms with Crippen LogP contribution < -0.4 is 4.74 Å². The minimum absolute atomic E-state index is 0.424. The van der Waals surface area contributed by atoms with E-state index in [1.165, 1.54) is 0 Å². The van der Waals surface area contributed by atoms with Crippen LogP contribution in [0.1, 0.15) is 5.56 Å². The third-order valence-electron chi connectivity index (χ3n) is 2.31. The Bertz CT molecular complexity index is 362. The topological polar surface area (TPSA) is 49.8 Å². The average molecular weight is 290 g/mol. The number of rotatable bonds is 10. The van der Waals surface area contributed by atoms with Gasteiger partial charge in [0.25, 0.3) is 0 Å². The molecule has 0 fully saturated rings. The third kappa shape index (κ3) is 7.32. The first-order valence-corrected chi connectivity index (χ1v) is 6.51. The molecule has 0 aliphatic carbocycles. The van der Waals surface area contributed by atoms with Gasteiger partial charge in [-0.15, -0.1) is 0 Å². The molecule has 0 aliphatic heterocycles. The number of pyridine rings is 1. The van der Waals surface area contributed by atoms with E-state index in [-0.39, 0.29) is 0 Å². The van der Waals surface area contributed by atoms with Gasteiger partial charge >= 0.3 is 0 Å². The Balaban J connectivity index is 2.03. The largest absolute Gasteiger partial charge is 0.491 e. The molecule has 0 saturated carbocycles. The maximum Gasteiger partial charge on any atom is 0.132 e. The van der Waals surface area contributed by atoms with Crippen molar-refractivity contribution in [2.45, 2.75) is 6.92 Å². The van der Waals surface area contributed by atoms with E-state index >= 15 is 0 Å². The van der Waals surface area contributed by atoms with Crippen LogP contribution in [-0.4, -0.2) is 51.7 Å². The van der Waals surface area contributed by atoms with Crippen LogP contribution >= 0.6 is 11.6 Å². The summed E-state index contributed by atoms with van der Waals surface area (Å²) in [7, 11) is 1.64. The molecule has 0 atom stereocenters. The molecule has 1 aromatic heterocycles. The standard InChI is InChI=1S/C13H20ClNO4/c1-11-10-15-13(14)9-12(11)19-8-7-18-6-5-17-4-3-16-2/h9-10H,3-8H2,1-2H3. The van der Waals surface area contributed by atoms with Crippen molar-refractivity contribution >= 4 is 11.6 Å². The first-order valence-electron chi connectivity index (χ1n) is 6.13. The SMILES string of the molecule is COCCOCCOCCOc1cc(Cl)ncc1C. The van der Waals surface area contributed by atoms with Crippen molar-refractivity contribution in [1.29, 1.82) is 0 Å². The average Bonchev–Trinajstić information content (AvgIpc) is 2.40. The van der Waals surface area contributed by atoms with E-state index in [1.807, 2.05) is 6.92 Å². The van der Waals surface area contributed by atoms with Gasteiger partial charge in [0, 0.05) is 24.9 Å². The van der Waals surface area contributed by atoms with Gasteiger partial charge in [0.2, 0.25) is 0 Å². The van der Waals surface area contributed by atoms with Crippen molar-refractivity contribution < 1.29 is 18.9 Å². The summed E-state index contributed by atoms with van der Waals surface area (Å²) in [4.78, 5) is 3.96. The summed E-state index contributed by atoms with van der Waals surface area (Å²) in [5.41, 5.74) is 0.951. The maximum atomic E-state index is 5.79. The van der Waals surface area contributed by atoms with E-state index in [0.717, 1.165) is 11.3 Å². The predicted octanol–water partition coefficient (Wildman–Crippen LogP) is 2.10. The van der Waals surface area contributed by atoms with Crippen molar-refractivity contribution in [3.05, 3.63) is 23.0 Å². The normalized spacial score (nSPS) is 10.7. The van der Waals surface area contributed by atoms with Gasteiger partial charge in [-0.25, -0.2) is 4.98 Å². The molecular weight excluding hydrogens is 270 g/mol. The molecule has 0 saturated heterocycles. The number of aromatic nitrogens is 1. The first-order chi connectivity index (χ1) is 9.24. The molecule has 1 aromatic rings. The maximum absolute atomic E-state index is 5.79. The van der Waals surface area contributed by atoms with Crippen LogP contribution in [0.4, 0.5) is 0 Å². The van der Waals surface area contributed by atoms with Gasteiger partial charge in [-0.3, -0.25) is 0 Å². The number of nitrogens with zero attached hydrogens (tertiary/aromatic N) is 1. The van der Waals surface area contributed by atoms with Gasteiger partial charge in [0.05, 0.1) is 33.0 Å². The number of halogens is 1. The molecule has 19 heavy (non-hydrogen) atoms. The second kappa shape index (κ2) is 9.97. The van der Waals surface area contributed by atoms with Crippen LogP contribution in [0.25, 0.3) is 0 Å². The molecular formula is C13H20ClNO4. The van der Waals surface area contributed by atoms with E-state index in [1.54, 1.807) is 19.4 Å². The quantitative estimate of drug-likeness (QED) is 0.488. The van der Waals surface area contributed by atoms with Gasteiger partial charge < -0.3 is 18.9 Å². The number of methoxy groups -OCH3 is 1. The van der Waals surface area contributed by atoms with Gasteiger partial charge in [-0.2, -0.15) is 0 Å². The van der Waals surface area contributed by atoms with Crippen molar-refractivity contribution in [3.63, 3.8) is 0 Å². The lowest BCUT2D eigenvalue weighted by molar-refractivity contribution is 0.0179. The van der Waals surface area contributed by atoms with Gasteiger partial charge in [0.1, 0.15) is 17.5 Å². The fourth-order valence-corrected chi connectivity index (χ4v) is 1.46. The lowest BCUT2D eigenvalue weighted by atomic mass is 10.3. The van der Waals surface area contributed by atoms with E-state index in [0.29, 0.717) is 44.8 Å². The Labute approximate surface area is 118 Å². The smallest absolute Gasteiger partial charge is 0.132 e. The highest BCUT2D eigenvalue weighted by atomic mass is 35.5. The summed E-state index contributed by atoms with van der Waals surface area (Å²) in [5.74, 6) is 0.736. The van der Waals surface area contributed by atoms with Gasteiger partial charge in [0.15, 0.2) is 0 Å². The molecule has 0 unspecified atom stereocenters. The van der Waals surface area contributed by atoms with E-state index in [2.05, 4.69) is 4.98 Å². The molecule has 0 radical (unpaired) electrons. The molecule has 0 aliphatic rings. The molecule has 1 heterocycles. The fourth-order valence-electron chi connectivity index (χ4n) is 1.31. The Morgan fingerprint density at radius 2 is 1.68 bits per heavy atom. The third-order valence-corrected chi connectivity index (χ3v) is 2.52. The molecule has 6 heteroatoms. The molecule has 0 N–H and O–H groups in total. The molecule has 108 valence electrons. The highest BCUT2D eigenvalue weighted by Crippen LogP contribution is 2.19. The Kier molecular flexibility index (Phi) is 8.49. The second-order valence-electron chi connectivity index (χ2n) is 3.84. The first kappa shape index (κ1) is 16.2. The van der Waals surface area contributed by atoms with E-state index in [4.69, 9.17) is 30.5 Å². The van der Waals surface area contributed by atoms with Crippen molar-refractivity contribution in [2.24, 2.45) is 0 Å². The monoisotopic (exact) mass is 289 g/mol. The summed E-state index contributed by atoms with van der Waals surface area (Å²) in [6, 6.07) is 1.70. The number of aryl methyl sites for hydroxylation is 1. The molecule has 0 aromatic carbocycles. The zero-order valence-electron chi connectivity index (χ0n) is 11.4. The predicted molar refractivity (Wildman–Crippen MR) is 73.0 cm³/mol. The number of hydrogen-bond acceptors (Lipinski definition) is 5. The zero-order chi connectivity index (χ0) is 13.9. The summed E-state index contributed by atoms with van der Waals surface area (Å²) < 4.78 is 21.0. The van der Waals surface area contributed by atoms with Crippen molar-refractivity contribution in [2.75, 3.05) is 46.8 Å². The van der Waals surface area contributed by atoms with Gasteiger partial charge in [-0.1, -0.05) is 11.6 Å². The Hall–Kier alpha value is -0.880. The molecule has 5 nitrogen and oxygen atoms in total. The van der Waals surface area contributed by atoms with Crippen LogP contribution in [-0.2, 0) is 14.2 Å². The van der Waals surface area contributed by atoms with Crippen LogP contribution in [0.15, 0.2) is 12.3 Å². The molecule has 0 bridgehead atoms. The number of hydrogen-bond donors (Lipinski definition) is 0. The van der Waals surface area contributed by atoms with Gasteiger partial charge in [-0.05, 0) is 6.92 Å². The highest BCUT2D eigenvalue weighted by Gasteiger charge is 2.01. The summed E-state index contributed by atoms with van der Waals surface area (Å²) in [6.45, 7) is 5.19. The molecule has 0 amide bonds. The summed E-state index contributed by atoms with van der Waals surface area (Å²) >= 11 is 5.79. The van der Waals surface area contributed by atoms with Crippen molar-refractivity contribution in [3.8, 4) is 5.75 Å². The van der Waals surface area contributed by atoms with E-state index in [9.17, 15) is 0 Å². The minimum atomic E-state index is 0.424. The zero-order valence-corrected chi connectivity index (χ0v) is 12.1. The van der Waals surface area contributed by atoms with Crippen LogP contribution in [0.2, 0.25) is 5.15 Å². The molecule has 0 spiro atoms. The lowest BCUT2D eigenvalue weighted by Crippen LogP contribution is -2.12. The number of ether oxygens (including phenoxy) is 4. The van der Waals surface area contributed by atoms with Crippen LogP contribution in [0.5, 0.6) is 5.75 Å². The van der Waals surface area contributed by atoms with Crippen molar-refractivity contribution in [1.82, 2.24) is 4.98 Å². The fraction of sp³-hybridized carbons (Fsp3) is 0.615. The van der Waals surface area contributed by atoms with Crippen LogP contribution in [0, 0.1) is 6.92 Å². The lowest BCUT2D eigenvalue weighted by Gasteiger charge is -2.09. The summed E-state index contributed by atoms with van der Waals surface area (Å²) in [6.07, 6.45) is 1.68. The Morgan fingerprint density at radius 3 is 2.37 bits per heavy atom. The molecule has 1 rings (SSSR count). The Morgan fingerprint density at radius 1 is 1.05 bits per heavy atom. The van der Waals surface area contributed by atoms with E-state index < -0.39 is 0 Å². The summed E-state index contributed by atoms with van der Waals surface area (Å²) in [5, 5.41) is 0.424. The second-order valence-corrected chi connectivity index (χ2v) is 4.23. The minimum Gasteiger partial charge on any atom is -0.491 e. The highest BCUT2D eigenvalue weighted by molar-refractivity contribution is 6.29. The van der Waals surface area contributed by atoms with Crippen LogP contribution in [0.3, 0.4) is 0 Å².